The molecule has 27 heavy (non-hydrogen) atoms. The highest BCUT2D eigenvalue weighted by molar-refractivity contribution is 5.99. The molecule has 1 aromatic rings. The maximum absolute atomic E-state index is 12.8. The Balaban J connectivity index is 3.01. The van der Waals surface area contributed by atoms with Crippen molar-refractivity contribution in [2.75, 3.05) is 25.6 Å². The molecule has 0 fully saturated rings. The molecule has 0 saturated carbocycles. The van der Waals surface area contributed by atoms with Crippen LogP contribution in [0, 0.1) is 0 Å². The summed E-state index contributed by atoms with van der Waals surface area (Å²) >= 11 is 0. The first-order valence-electron chi connectivity index (χ1n) is 9.72. The van der Waals surface area contributed by atoms with E-state index in [1.165, 1.54) is 7.11 Å². The van der Waals surface area contributed by atoms with E-state index in [4.69, 9.17) is 14.2 Å². The maximum atomic E-state index is 12.8. The van der Waals surface area contributed by atoms with Crippen LogP contribution in [0.25, 0.3) is 0 Å². The number of ether oxygens (including phenoxy) is 3. The van der Waals surface area contributed by atoms with Crippen molar-refractivity contribution in [3.63, 3.8) is 0 Å². The summed E-state index contributed by atoms with van der Waals surface area (Å²) in [5, 5.41) is 2.86. The molecule has 1 unspecified atom stereocenters. The van der Waals surface area contributed by atoms with Crippen LogP contribution in [0.5, 0.6) is 5.75 Å². The summed E-state index contributed by atoms with van der Waals surface area (Å²) in [6, 6.07) is 4.98. The van der Waals surface area contributed by atoms with E-state index in [0.29, 0.717) is 31.1 Å². The minimum absolute atomic E-state index is 0.228. The van der Waals surface area contributed by atoms with Crippen molar-refractivity contribution in [2.45, 2.75) is 65.4 Å². The highest BCUT2D eigenvalue weighted by atomic mass is 16.5. The van der Waals surface area contributed by atoms with Crippen LogP contribution in [-0.2, 0) is 14.3 Å². The molecular weight excluding hydrogens is 346 g/mol. The fourth-order valence-electron chi connectivity index (χ4n) is 2.65. The molecule has 6 heteroatoms. The van der Waals surface area contributed by atoms with Crippen molar-refractivity contribution in [1.82, 2.24) is 0 Å². The van der Waals surface area contributed by atoms with Crippen LogP contribution in [0.1, 0.15) is 70.2 Å². The average Bonchev–Trinajstić information content (AvgIpc) is 2.67. The third-order valence-electron chi connectivity index (χ3n) is 4.23. The Kier molecular flexibility index (Phi) is 9.86. The molecular formula is C21H33NO5. The van der Waals surface area contributed by atoms with Crippen LogP contribution in [0.15, 0.2) is 18.2 Å². The molecule has 0 radical (unpaired) electrons. The lowest BCUT2D eigenvalue weighted by Gasteiger charge is -2.28. The summed E-state index contributed by atoms with van der Waals surface area (Å²) in [5.41, 5.74) is -0.115. The highest BCUT2D eigenvalue weighted by Crippen LogP contribution is 2.26. The van der Waals surface area contributed by atoms with E-state index < -0.39 is 11.6 Å². The first-order chi connectivity index (χ1) is 12.9. The fraction of sp³-hybridized carbons (Fsp3) is 0.619. The standard InChI is InChI=1S/C21H33NO5/c1-6-9-14-26-18-11-10-16(15-17(18)19(23)25-5)22-20(24)21(4,12-7-2)27-13-8-3/h10-11,15H,6-9,12-14H2,1-5H3,(H,22,24). The Bertz CT molecular complexity index is 617. The van der Waals surface area contributed by atoms with Crippen molar-refractivity contribution in [3.8, 4) is 5.75 Å². The topological polar surface area (TPSA) is 73.9 Å². The van der Waals surface area contributed by atoms with E-state index in [0.717, 1.165) is 25.7 Å². The van der Waals surface area contributed by atoms with E-state index in [9.17, 15) is 9.59 Å². The number of esters is 1. The third kappa shape index (κ3) is 6.86. The van der Waals surface area contributed by atoms with Gasteiger partial charge in [-0.15, -0.1) is 0 Å². The number of anilines is 1. The van der Waals surface area contributed by atoms with Crippen LogP contribution in [0.4, 0.5) is 5.69 Å². The van der Waals surface area contributed by atoms with Crippen molar-refractivity contribution < 1.29 is 23.8 Å². The van der Waals surface area contributed by atoms with E-state index in [-0.39, 0.29) is 11.5 Å². The molecule has 0 heterocycles. The molecule has 1 aromatic carbocycles. The Morgan fingerprint density at radius 1 is 1.07 bits per heavy atom. The molecule has 0 bridgehead atoms. The Morgan fingerprint density at radius 3 is 2.41 bits per heavy atom. The summed E-state index contributed by atoms with van der Waals surface area (Å²) < 4.78 is 16.3. The van der Waals surface area contributed by atoms with Gasteiger partial charge in [-0.1, -0.05) is 33.6 Å². The second kappa shape index (κ2) is 11.6. The van der Waals surface area contributed by atoms with Crippen LogP contribution in [0.2, 0.25) is 0 Å². The largest absolute Gasteiger partial charge is 0.493 e. The van der Waals surface area contributed by atoms with Crippen molar-refractivity contribution in [1.29, 1.82) is 0 Å². The summed E-state index contributed by atoms with van der Waals surface area (Å²) in [6.07, 6.45) is 4.16. The molecule has 0 aliphatic carbocycles. The van der Waals surface area contributed by atoms with Gasteiger partial charge >= 0.3 is 5.97 Å². The number of methoxy groups -OCH3 is 1. The van der Waals surface area contributed by atoms with Gasteiger partial charge in [0.05, 0.1) is 13.7 Å². The molecule has 0 aliphatic rings. The summed E-state index contributed by atoms with van der Waals surface area (Å²) in [6.45, 7) is 8.91. The molecule has 152 valence electrons. The lowest BCUT2D eigenvalue weighted by atomic mass is 9.98. The number of carbonyl (C=O) groups is 2. The molecule has 0 spiro atoms. The van der Waals surface area contributed by atoms with Crippen molar-refractivity contribution in [2.24, 2.45) is 0 Å². The van der Waals surface area contributed by atoms with Crippen LogP contribution >= 0.6 is 0 Å². The van der Waals surface area contributed by atoms with Gasteiger partial charge in [-0.3, -0.25) is 4.79 Å². The van der Waals surface area contributed by atoms with Gasteiger partial charge in [-0.2, -0.15) is 0 Å². The average molecular weight is 379 g/mol. The number of carbonyl (C=O) groups excluding carboxylic acids is 2. The molecule has 1 amide bonds. The van der Waals surface area contributed by atoms with Gasteiger partial charge in [0.1, 0.15) is 16.9 Å². The molecule has 1 atom stereocenters. The predicted molar refractivity (Wildman–Crippen MR) is 106 cm³/mol. The first-order valence-corrected chi connectivity index (χ1v) is 9.72. The molecule has 6 nitrogen and oxygen atoms in total. The maximum Gasteiger partial charge on any atom is 0.341 e. The Hall–Kier alpha value is -2.08. The lowest BCUT2D eigenvalue weighted by molar-refractivity contribution is -0.140. The van der Waals surface area contributed by atoms with Gasteiger partial charge < -0.3 is 19.5 Å². The number of rotatable bonds is 12. The first kappa shape index (κ1) is 23.0. The zero-order valence-electron chi connectivity index (χ0n) is 17.2. The van der Waals surface area contributed by atoms with Gasteiger partial charge in [0.2, 0.25) is 0 Å². The van der Waals surface area contributed by atoms with Crippen LogP contribution in [-0.4, -0.2) is 37.8 Å². The summed E-state index contributed by atoms with van der Waals surface area (Å²) in [7, 11) is 1.32. The highest BCUT2D eigenvalue weighted by Gasteiger charge is 2.33. The molecule has 0 aromatic heterocycles. The smallest absolute Gasteiger partial charge is 0.341 e. The second-order valence-corrected chi connectivity index (χ2v) is 6.69. The quantitative estimate of drug-likeness (QED) is 0.425. The van der Waals surface area contributed by atoms with Gasteiger partial charge in [0.25, 0.3) is 5.91 Å². The van der Waals surface area contributed by atoms with E-state index in [1.807, 2.05) is 13.8 Å². The van der Waals surface area contributed by atoms with Gasteiger partial charge in [0.15, 0.2) is 0 Å². The van der Waals surface area contributed by atoms with Crippen LogP contribution in [0.3, 0.4) is 0 Å². The Morgan fingerprint density at radius 2 is 1.81 bits per heavy atom. The minimum atomic E-state index is -0.910. The molecule has 1 N–H and O–H groups in total. The molecule has 1 rings (SSSR count). The van der Waals surface area contributed by atoms with Gasteiger partial charge in [-0.05, 0) is 44.4 Å². The number of hydrogen-bond donors (Lipinski definition) is 1. The van der Waals surface area contributed by atoms with E-state index in [2.05, 4.69) is 12.2 Å². The zero-order chi connectivity index (χ0) is 20.3. The number of nitrogens with one attached hydrogen (secondary N) is 1. The summed E-state index contributed by atoms with van der Waals surface area (Å²) in [5.74, 6) is -0.281. The number of hydrogen-bond acceptors (Lipinski definition) is 5. The van der Waals surface area contributed by atoms with E-state index >= 15 is 0 Å². The van der Waals surface area contributed by atoms with Gasteiger partial charge in [-0.25, -0.2) is 4.79 Å². The SMILES string of the molecule is CCCCOc1ccc(NC(=O)C(C)(CCC)OCCC)cc1C(=O)OC. The third-order valence-corrected chi connectivity index (χ3v) is 4.23. The number of unbranched alkanes of at least 4 members (excludes halogenated alkanes) is 1. The summed E-state index contributed by atoms with van der Waals surface area (Å²) in [4.78, 5) is 24.9. The van der Waals surface area contributed by atoms with E-state index in [1.54, 1.807) is 25.1 Å². The monoisotopic (exact) mass is 379 g/mol. The number of amides is 1. The zero-order valence-corrected chi connectivity index (χ0v) is 17.2. The fourth-order valence-corrected chi connectivity index (χ4v) is 2.65. The number of benzene rings is 1. The predicted octanol–water partition coefficient (Wildman–Crippen LogP) is 4.58. The Labute approximate surface area is 162 Å². The lowest BCUT2D eigenvalue weighted by Crippen LogP contribution is -2.43. The minimum Gasteiger partial charge on any atom is -0.493 e. The van der Waals surface area contributed by atoms with Crippen LogP contribution < -0.4 is 10.1 Å². The second-order valence-electron chi connectivity index (χ2n) is 6.69. The van der Waals surface area contributed by atoms with Gasteiger partial charge in [0, 0.05) is 12.3 Å². The van der Waals surface area contributed by atoms with Crippen molar-refractivity contribution >= 4 is 17.6 Å². The molecule has 0 saturated heterocycles. The normalized spacial score (nSPS) is 12.9. The van der Waals surface area contributed by atoms with Crippen molar-refractivity contribution in [3.05, 3.63) is 23.8 Å². The molecule has 0 aliphatic heterocycles.